The SMILES string of the molecule is COc1cc(O)c(C(=N)N(C(=N)C(=O)NC(C)C)c2ccc(CN3CCN(CC(F)(F)F)CC3)cc2)cc1C(C)C. The second-order valence-corrected chi connectivity index (χ2v) is 10.8. The molecule has 0 atom stereocenters. The summed E-state index contributed by atoms with van der Waals surface area (Å²) in [5, 5.41) is 31.1. The van der Waals surface area contributed by atoms with Crippen LogP contribution in [-0.2, 0) is 11.3 Å². The van der Waals surface area contributed by atoms with Gasteiger partial charge in [0.15, 0.2) is 5.84 Å². The molecular formula is C29H39F3N6O3. The van der Waals surface area contributed by atoms with Gasteiger partial charge in [-0.25, -0.2) is 0 Å². The highest BCUT2D eigenvalue weighted by molar-refractivity contribution is 6.48. The summed E-state index contributed by atoms with van der Waals surface area (Å²) >= 11 is 0. The lowest BCUT2D eigenvalue weighted by Gasteiger charge is -2.35. The van der Waals surface area contributed by atoms with Gasteiger partial charge >= 0.3 is 6.18 Å². The molecule has 2 aromatic carbocycles. The number of hydrogen-bond acceptors (Lipinski definition) is 7. The fourth-order valence-electron chi connectivity index (χ4n) is 4.69. The quantitative estimate of drug-likeness (QED) is 0.271. The zero-order chi connectivity index (χ0) is 30.5. The van der Waals surface area contributed by atoms with Gasteiger partial charge < -0.3 is 15.2 Å². The number of carbonyl (C=O) groups is 1. The number of phenols is 1. The van der Waals surface area contributed by atoms with Crippen molar-refractivity contribution in [3.63, 3.8) is 0 Å². The summed E-state index contributed by atoms with van der Waals surface area (Å²) in [5.41, 5.74) is 2.17. The monoisotopic (exact) mass is 576 g/mol. The molecule has 1 saturated heterocycles. The topological polar surface area (TPSA) is 116 Å². The number of rotatable bonds is 8. The van der Waals surface area contributed by atoms with Gasteiger partial charge in [-0.1, -0.05) is 26.0 Å². The molecule has 9 nitrogen and oxygen atoms in total. The largest absolute Gasteiger partial charge is 0.507 e. The number of piperazine rings is 1. The minimum Gasteiger partial charge on any atom is -0.507 e. The predicted molar refractivity (Wildman–Crippen MR) is 153 cm³/mol. The third-order valence-electron chi connectivity index (χ3n) is 6.78. The maximum atomic E-state index is 12.9. The van der Waals surface area contributed by atoms with E-state index in [2.05, 4.69) is 10.2 Å². The van der Waals surface area contributed by atoms with Crippen LogP contribution < -0.4 is 15.0 Å². The van der Waals surface area contributed by atoms with Crippen LogP contribution in [0, 0.1) is 10.8 Å². The number of nitrogens with zero attached hydrogens (tertiary/aromatic N) is 3. The molecule has 2 aromatic rings. The lowest BCUT2D eigenvalue weighted by atomic mass is 9.97. The Morgan fingerprint density at radius 1 is 1.05 bits per heavy atom. The fourth-order valence-corrected chi connectivity index (χ4v) is 4.69. The third kappa shape index (κ3) is 8.43. The van der Waals surface area contributed by atoms with Gasteiger partial charge in [-0.05, 0) is 49.1 Å². The van der Waals surface area contributed by atoms with Crippen molar-refractivity contribution in [2.24, 2.45) is 0 Å². The van der Waals surface area contributed by atoms with Gasteiger partial charge in [0.25, 0.3) is 5.91 Å². The van der Waals surface area contributed by atoms with Gasteiger partial charge in [-0.15, -0.1) is 0 Å². The van der Waals surface area contributed by atoms with Gasteiger partial charge in [0.1, 0.15) is 17.3 Å². The Hall–Kier alpha value is -3.64. The molecule has 1 amide bonds. The molecule has 0 spiro atoms. The first-order chi connectivity index (χ1) is 19.2. The van der Waals surface area contributed by atoms with Crippen molar-refractivity contribution in [3.8, 4) is 11.5 Å². The summed E-state index contributed by atoms with van der Waals surface area (Å²) in [4.78, 5) is 17.5. The number of benzene rings is 2. The number of aromatic hydroxyl groups is 1. The number of hydrogen-bond donors (Lipinski definition) is 4. The first kappa shape index (κ1) is 31.9. The summed E-state index contributed by atoms with van der Waals surface area (Å²) in [5.74, 6) is -1.16. The molecule has 41 heavy (non-hydrogen) atoms. The smallest absolute Gasteiger partial charge is 0.401 e. The molecule has 4 N–H and O–H groups in total. The van der Waals surface area contributed by atoms with E-state index in [4.69, 9.17) is 15.6 Å². The second kappa shape index (κ2) is 13.3. The number of phenolic OH excluding ortho intramolecular Hbond substituents is 1. The Bertz CT molecular complexity index is 1240. The molecule has 1 fully saturated rings. The number of methoxy groups -OCH3 is 1. The van der Waals surface area contributed by atoms with Gasteiger partial charge in [0.05, 0.1) is 19.2 Å². The second-order valence-electron chi connectivity index (χ2n) is 10.8. The van der Waals surface area contributed by atoms with Gasteiger partial charge in [-0.2, -0.15) is 13.2 Å². The number of nitrogens with one attached hydrogen (secondary N) is 3. The highest BCUT2D eigenvalue weighted by Crippen LogP contribution is 2.34. The minimum absolute atomic E-state index is 0.0175. The number of alkyl halides is 3. The van der Waals surface area contributed by atoms with E-state index in [9.17, 15) is 23.1 Å². The normalized spacial score (nSPS) is 14.8. The van der Waals surface area contributed by atoms with Crippen LogP contribution in [-0.4, -0.2) is 84.5 Å². The number of anilines is 1. The standard InChI is InChI=1S/C29H39F3N6O3/c1-18(2)22-14-23(24(39)15-25(22)41-5)26(33)38(27(34)28(40)35-19(3)4)21-8-6-20(7-9-21)16-36-10-12-37(13-11-36)17-29(30,31)32/h6-9,14-15,18-19,33-34,39H,10-13,16-17H2,1-5H3,(H,35,40). The highest BCUT2D eigenvalue weighted by Gasteiger charge is 2.32. The minimum atomic E-state index is -4.21. The van der Waals surface area contributed by atoms with E-state index in [1.54, 1.807) is 44.2 Å². The molecule has 1 aliphatic rings. The Labute approximate surface area is 238 Å². The van der Waals surface area contributed by atoms with Crippen LogP contribution in [0.25, 0.3) is 0 Å². The van der Waals surface area contributed by atoms with Gasteiger partial charge in [-0.3, -0.25) is 30.3 Å². The number of ether oxygens (including phenoxy) is 1. The van der Waals surface area contributed by atoms with Crippen molar-refractivity contribution >= 4 is 23.3 Å². The van der Waals surface area contributed by atoms with E-state index >= 15 is 0 Å². The summed E-state index contributed by atoms with van der Waals surface area (Å²) in [6.07, 6.45) is -4.21. The maximum absolute atomic E-state index is 12.9. The zero-order valence-electron chi connectivity index (χ0n) is 24.1. The lowest BCUT2D eigenvalue weighted by Crippen LogP contribution is -2.48. The van der Waals surface area contributed by atoms with Crippen LogP contribution in [0.5, 0.6) is 11.5 Å². The van der Waals surface area contributed by atoms with Crippen LogP contribution in [0.3, 0.4) is 0 Å². The number of amidine groups is 2. The summed E-state index contributed by atoms with van der Waals surface area (Å²) in [6.45, 7) is 8.72. The van der Waals surface area contributed by atoms with Gasteiger partial charge in [0, 0.05) is 50.5 Å². The average Bonchev–Trinajstić information content (AvgIpc) is 2.89. The fraction of sp³-hybridized carbons (Fsp3) is 0.483. The average molecular weight is 577 g/mol. The van der Waals surface area contributed by atoms with Crippen LogP contribution in [0.1, 0.15) is 50.3 Å². The molecule has 3 rings (SSSR count). The van der Waals surface area contributed by atoms with Crippen molar-refractivity contribution in [2.75, 3.05) is 44.7 Å². The zero-order valence-corrected chi connectivity index (χ0v) is 24.1. The summed E-state index contributed by atoms with van der Waals surface area (Å²) in [6, 6.07) is 9.80. The Morgan fingerprint density at radius 2 is 1.63 bits per heavy atom. The predicted octanol–water partition coefficient (Wildman–Crippen LogP) is 4.54. The van der Waals surface area contributed by atoms with Crippen LogP contribution in [0.4, 0.5) is 18.9 Å². The number of halogens is 3. The highest BCUT2D eigenvalue weighted by atomic mass is 19.4. The molecule has 0 saturated carbocycles. The number of carbonyl (C=O) groups excluding carboxylic acids is 1. The Morgan fingerprint density at radius 3 is 2.15 bits per heavy atom. The van der Waals surface area contributed by atoms with Crippen LogP contribution in [0.2, 0.25) is 0 Å². The Balaban J connectivity index is 1.86. The van der Waals surface area contributed by atoms with Crippen molar-refractivity contribution in [1.29, 1.82) is 10.8 Å². The molecule has 0 bridgehead atoms. The summed E-state index contributed by atoms with van der Waals surface area (Å²) in [7, 11) is 1.49. The molecule has 224 valence electrons. The van der Waals surface area contributed by atoms with E-state index in [1.807, 2.05) is 13.8 Å². The van der Waals surface area contributed by atoms with Crippen molar-refractivity contribution in [3.05, 3.63) is 53.1 Å². The molecule has 1 aliphatic heterocycles. The first-order valence-electron chi connectivity index (χ1n) is 13.5. The third-order valence-corrected chi connectivity index (χ3v) is 6.78. The van der Waals surface area contributed by atoms with E-state index < -0.39 is 24.5 Å². The molecular weight excluding hydrogens is 537 g/mol. The van der Waals surface area contributed by atoms with Crippen LogP contribution >= 0.6 is 0 Å². The molecule has 0 radical (unpaired) electrons. The molecule has 0 unspecified atom stereocenters. The summed E-state index contributed by atoms with van der Waals surface area (Å²) < 4.78 is 43.5. The van der Waals surface area contributed by atoms with Crippen molar-refractivity contribution in [2.45, 2.75) is 52.4 Å². The van der Waals surface area contributed by atoms with E-state index in [-0.39, 0.29) is 29.1 Å². The lowest BCUT2D eigenvalue weighted by molar-refractivity contribution is -0.149. The van der Waals surface area contributed by atoms with E-state index in [1.165, 1.54) is 23.0 Å². The van der Waals surface area contributed by atoms with Crippen LogP contribution in [0.15, 0.2) is 36.4 Å². The first-order valence-corrected chi connectivity index (χ1v) is 13.5. The van der Waals surface area contributed by atoms with Crippen molar-refractivity contribution < 1.29 is 27.8 Å². The number of amides is 1. The van der Waals surface area contributed by atoms with Gasteiger partial charge in [0.2, 0.25) is 0 Å². The molecule has 0 aromatic heterocycles. The van der Waals surface area contributed by atoms with E-state index in [0.29, 0.717) is 44.2 Å². The van der Waals surface area contributed by atoms with E-state index in [0.717, 1.165) is 11.1 Å². The Kier molecular flexibility index (Phi) is 10.4. The van der Waals surface area contributed by atoms with Crippen molar-refractivity contribution in [1.82, 2.24) is 15.1 Å². The maximum Gasteiger partial charge on any atom is 0.401 e. The molecule has 12 heteroatoms. The molecule has 0 aliphatic carbocycles. The molecule has 1 heterocycles.